The minimum Gasteiger partial charge on any atom is -0.393 e. The van der Waals surface area contributed by atoms with Gasteiger partial charge in [0.25, 0.3) is 0 Å². The second kappa shape index (κ2) is 9.38. The fraction of sp³-hybridized carbons (Fsp3) is 0.630. The number of aliphatic hydroxyl groups excluding tert-OH is 3. The van der Waals surface area contributed by atoms with Gasteiger partial charge in [0.2, 0.25) is 0 Å². The van der Waals surface area contributed by atoms with E-state index in [1.165, 1.54) is 50.5 Å². The quantitative estimate of drug-likeness (QED) is 0.530. The molecular weight excluding hydrogens is 372 g/mol. The standard InChI is InChI=1S/C27H38O3/c1-19-22(17-23(28)18-26(19)30)13-10-20-7-5-15-27(16-6-8-24(20)27)14-4-2-3-9-25(29)21-11-12-21/h3-4,9-10,13-14,21,23-26,28-30H,1-2,5-8,11-12,15-18H2/b9-3+,14-4+,20-10+,22-13-/t23-,24?,25-,26+,27-/m1/s1. The highest BCUT2D eigenvalue weighted by molar-refractivity contribution is 5.39. The fourth-order valence-corrected chi connectivity index (χ4v) is 5.89. The zero-order chi connectivity index (χ0) is 21.1. The van der Waals surface area contributed by atoms with Gasteiger partial charge in [0.15, 0.2) is 0 Å². The first-order chi connectivity index (χ1) is 14.5. The summed E-state index contributed by atoms with van der Waals surface area (Å²) in [6.07, 6.45) is 23.6. The lowest BCUT2D eigenvalue weighted by Gasteiger charge is -2.39. The van der Waals surface area contributed by atoms with E-state index in [-0.39, 0.29) is 11.5 Å². The van der Waals surface area contributed by atoms with Gasteiger partial charge in [-0.25, -0.2) is 0 Å². The minimum absolute atomic E-state index is 0.250. The summed E-state index contributed by atoms with van der Waals surface area (Å²) in [5, 5.41) is 30.1. The Labute approximate surface area is 181 Å². The lowest BCUT2D eigenvalue weighted by atomic mass is 9.65. The lowest BCUT2D eigenvalue weighted by molar-refractivity contribution is 0.0862. The van der Waals surface area contributed by atoms with Gasteiger partial charge in [-0.1, -0.05) is 55.0 Å². The topological polar surface area (TPSA) is 60.7 Å². The molecule has 0 radical (unpaired) electrons. The molecule has 4 aliphatic carbocycles. The lowest BCUT2D eigenvalue weighted by Crippen LogP contribution is -2.29. The average Bonchev–Trinajstić information content (AvgIpc) is 3.48. The van der Waals surface area contributed by atoms with Crippen molar-refractivity contribution in [2.24, 2.45) is 17.3 Å². The molecule has 0 aliphatic heterocycles. The van der Waals surface area contributed by atoms with Crippen molar-refractivity contribution in [3.05, 3.63) is 59.8 Å². The van der Waals surface area contributed by atoms with Crippen LogP contribution in [0.25, 0.3) is 0 Å². The Morgan fingerprint density at radius 1 is 1.07 bits per heavy atom. The van der Waals surface area contributed by atoms with Crippen LogP contribution in [0.2, 0.25) is 0 Å². The summed E-state index contributed by atoms with van der Waals surface area (Å²) in [4.78, 5) is 0. The molecule has 0 spiro atoms. The zero-order valence-electron chi connectivity index (χ0n) is 18.2. The van der Waals surface area contributed by atoms with Crippen molar-refractivity contribution in [2.45, 2.75) is 88.9 Å². The molecule has 0 aromatic carbocycles. The monoisotopic (exact) mass is 410 g/mol. The average molecular weight is 411 g/mol. The van der Waals surface area contributed by atoms with Crippen LogP contribution < -0.4 is 0 Å². The van der Waals surface area contributed by atoms with Crippen LogP contribution in [0.4, 0.5) is 0 Å². The Balaban J connectivity index is 1.43. The predicted octanol–water partition coefficient (Wildman–Crippen LogP) is 5.15. The Morgan fingerprint density at radius 3 is 2.67 bits per heavy atom. The number of fused-ring (bicyclic) bond motifs is 1. The molecule has 0 aromatic heterocycles. The van der Waals surface area contributed by atoms with Crippen molar-refractivity contribution in [2.75, 3.05) is 0 Å². The number of hydrogen-bond acceptors (Lipinski definition) is 3. The summed E-state index contributed by atoms with van der Waals surface area (Å²) in [5.74, 6) is 1.11. The maximum atomic E-state index is 10.1. The van der Waals surface area contributed by atoms with Gasteiger partial charge >= 0.3 is 0 Å². The van der Waals surface area contributed by atoms with Crippen LogP contribution in [-0.4, -0.2) is 33.6 Å². The van der Waals surface area contributed by atoms with E-state index >= 15 is 0 Å². The summed E-state index contributed by atoms with van der Waals surface area (Å²) in [5.41, 5.74) is 3.58. The normalized spacial score (nSPS) is 38.8. The van der Waals surface area contributed by atoms with E-state index in [1.54, 1.807) is 0 Å². The van der Waals surface area contributed by atoms with Crippen LogP contribution in [0.3, 0.4) is 0 Å². The van der Waals surface area contributed by atoms with E-state index < -0.39 is 12.2 Å². The van der Waals surface area contributed by atoms with Gasteiger partial charge in [0.1, 0.15) is 0 Å². The molecule has 3 nitrogen and oxygen atoms in total. The molecule has 3 N–H and O–H groups in total. The highest BCUT2D eigenvalue weighted by Gasteiger charge is 2.44. The first-order valence-corrected chi connectivity index (χ1v) is 12.0. The largest absolute Gasteiger partial charge is 0.393 e. The Hall–Kier alpha value is -1.42. The van der Waals surface area contributed by atoms with Gasteiger partial charge in [-0.3, -0.25) is 0 Å². The molecule has 1 unspecified atom stereocenters. The summed E-state index contributed by atoms with van der Waals surface area (Å²) in [6, 6.07) is 0. The van der Waals surface area contributed by atoms with Crippen LogP contribution in [-0.2, 0) is 0 Å². The number of allylic oxidation sites excluding steroid dienone is 6. The van der Waals surface area contributed by atoms with Crippen molar-refractivity contribution < 1.29 is 15.3 Å². The van der Waals surface area contributed by atoms with Crippen molar-refractivity contribution in [3.8, 4) is 0 Å². The molecule has 0 aromatic rings. The molecule has 4 fully saturated rings. The highest BCUT2D eigenvalue weighted by Crippen LogP contribution is 2.55. The summed E-state index contributed by atoms with van der Waals surface area (Å²) >= 11 is 0. The second-order valence-electron chi connectivity index (χ2n) is 9.99. The Kier molecular flexibility index (Phi) is 6.81. The molecule has 0 saturated heterocycles. The molecule has 4 saturated carbocycles. The van der Waals surface area contributed by atoms with Crippen LogP contribution in [0, 0.1) is 17.3 Å². The van der Waals surface area contributed by atoms with Gasteiger partial charge in [0.05, 0.1) is 18.3 Å². The summed E-state index contributed by atoms with van der Waals surface area (Å²) in [6.45, 7) is 4.05. The van der Waals surface area contributed by atoms with Gasteiger partial charge in [-0.05, 0) is 86.2 Å². The zero-order valence-corrected chi connectivity index (χ0v) is 18.2. The van der Waals surface area contributed by atoms with Gasteiger partial charge in [0, 0.05) is 6.42 Å². The molecular formula is C27H38O3. The third-order valence-corrected chi connectivity index (χ3v) is 7.81. The van der Waals surface area contributed by atoms with Crippen molar-refractivity contribution in [1.29, 1.82) is 0 Å². The van der Waals surface area contributed by atoms with Crippen LogP contribution in [0.15, 0.2) is 59.8 Å². The van der Waals surface area contributed by atoms with Gasteiger partial charge < -0.3 is 15.3 Å². The highest BCUT2D eigenvalue weighted by atomic mass is 16.3. The molecule has 4 rings (SSSR count). The molecule has 0 bridgehead atoms. The first-order valence-electron chi connectivity index (χ1n) is 12.0. The number of hydrogen-bond donors (Lipinski definition) is 3. The molecule has 0 heterocycles. The second-order valence-corrected chi connectivity index (χ2v) is 9.99. The number of aliphatic hydroxyl groups is 3. The molecule has 30 heavy (non-hydrogen) atoms. The fourth-order valence-electron chi connectivity index (χ4n) is 5.89. The minimum atomic E-state index is -0.621. The third kappa shape index (κ3) is 4.90. The Morgan fingerprint density at radius 2 is 1.87 bits per heavy atom. The molecule has 3 heteroatoms. The van der Waals surface area contributed by atoms with E-state index in [2.05, 4.69) is 37.0 Å². The van der Waals surface area contributed by atoms with Gasteiger partial charge in [-0.2, -0.15) is 0 Å². The van der Waals surface area contributed by atoms with Gasteiger partial charge in [-0.15, -0.1) is 0 Å². The maximum absolute atomic E-state index is 10.1. The van der Waals surface area contributed by atoms with Crippen LogP contribution in [0.1, 0.15) is 70.6 Å². The number of rotatable bonds is 6. The summed E-state index contributed by atoms with van der Waals surface area (Å²) in [7, 11) is 0. The summed E-state index contributed by atoms with van der Waals surface area (Å²) < 4.78 is 0. The van der Waals surface area contributed by atoms with Crippen LogP contribution in [0.5, 0.6) is 0 Å². The first kappa shape index (κ1) is 21.8. The van der Waals surface area contributed by atoms with E-state index in [0.717, 1.165) is 24.0 Å². The van der Waals surface area contributed by atoms with Crippen molar-refractivity contribution >= 4 is 0 Å². The van der Waals surface area contributed by atoms with Crippen molar-refractivity contribution in [1.82, 2.24) is 0 Å². The maximum Gasteiger partial charge on any atom is 0.0811 e. The van der Waals surface area contributed by atoms with E-state index in [1.807, 2.05) is 6.08 Å². The SMILES string of the molecule is C=C1/C(=C\C=C2/CCC[C@]3(/C=C/C/C=C/[C@@H](O)C4CC4)CCCC23)C[C@@H](O)C[C@@H]1O. The molecule has 4 aliphatic rings. The van der Waals surface area contributed by atoms with Crippen molar-refractivity contribution in [3.63, 3.8) is 0 Å². The molecule has 164 valence electrons. The smallest absolute Gasteiger partial charge is 0.0811 e. The molecule has 0 amide bonds. The van der Waals surface area contributed by atoms with E-state index in [4.69, 9.17) is 0 Å². The van der Waals surface area contributed by atoms with E-state index in [9.17, 15) is 15.3 Å². The van der Waals surface area contributed by atoms with E-state index in [0.29, 0.717) is 24.7 Å². The Bertz CT molecular complexity index is 754. The predicted molar refractivity (Wildman–Crippen MR) is 122 cm³/mol. The van der Waals surface area contributed by atoms with Crippen LogP contribution >= 0.6 is 0 Å². The third-order valence-electron chi connectivity index (χ3n) is 7.81. The molecule has 5 atom stereocenters.